The van der Waals surface area contributed by atoms with Gasteiger partial charge in [0.25, 0.3) is 5.56 Å². The molecule has 0 aliphatic carbocycles. The first-order valence-electron chi connectivity index (χ1n) is 10.0. The lowest BCUT2D eigenvalue weighted by atomic mass is 10.0. The highest BCUT2D eigenvalue weighted by atomic mass is 79.9. The summed E-state index contributed by atoms with van der Waals surface area (Å²) in [4.78, 5) is 26.2. The second-order valence-corrected chi connectivity index (χ2v) is 8.74. The molecule has 164 valence electrons. The Morgan fingerprint density at radius 1 is 1.00 bits per heavy atom. The van der Waals surface area contributed by atoms with Crippen molar-refractivity contribution in [2.45, 2.75) is 12.6 Å². The van der Waals surface area contributed by atoms with E-state index in [0.717, 1.165) is 20.3 Å². The van der Waals surface area contributed by atoms with Crippen molar-refractivity contribution in [2.24, 2.45) is 14.1 Å². The molecule has 2 aromatic heterocycles. The van der Waals surface area contributed by atoms with E-state index in [1.165, 1.54) is 23.7 Å². The van der Waals surface area contributed by atoms with E-state index in [4.69, 9.17) is 4.74 Å². The van der Waals surface area contributed by atoms with Crippen LogP contribution in [0.3, 0.4) is 0 Å². The predicted molar refractivity (Wildman–Crippen MR) is 123 cm³/mol. The molecule has 0 amide bonds. The van der Waals surface area contributed by atoms with Gasteiger partial charge in [-0.15, -0.1) is 0 Å². The number of rotatable bonds is 2. The summed E-state index contributed by atoms with van der Waals surface area (Å²) in [6.45, 7) is 0.866. The summed E-state index contributed by atoms with van der Waals surface area (Å²) in [5, 5.41) is 20.2. The number of aromatic hydroxyl groups is 2. The second-order valence-electron chi connectivity index (χ2n) is 7.82. The molecule has 2 aromatic carbocycles. The van der Waals surface area contributed by atoms with Gasteiger partial charge in [0.1, 0.15) is 6.10 Å². The van der Waals surface area contributed by atoms with Crippen molar-refractivity contribution in [3.63, 3.8) is 0 Å². The maximum Gasteiger partial charge on any atom is 0.331 e. The molecule has 9 heteroatoms. The molecule has 3 heterocycles. The lowest BCUT2D eigenvalue weighted by molar-refractivity contribution is 0.0477. The van der Waals surface area contributed by atoms with Gasteiger partial charge in [-0.25, -0.2) is 4.79 Å². The van der Waals surface area contributed by atoms with Crippen molar-refractivity contribution in [1.29, 1.82) is 0 Å². The number of ether oxygens (including phenoxy) is 1. The first-order valence-corrected chi connectivity index (χ1v) is 10.8. The fraction of sp³-hybridized carbons (Fsp3) is 0.217. The first kappa shape index (κ1) is 20.6. The fourth-order valence-electron chi connectivity index (χ4n) is 4.45. The molecule has 4 aromatic rings. The zero-order valence-corrected chi connectivity index (χ0v) is 19.0. The summed E-state index contributed by atoms with van der Waals surface area (Å²) in [6.07, 6.45) is -0.639. The highest BCUT2D eigenvalue weighted by Crippen LogP contribution is 2.42. The van der Waals surface area contributed by atoms with Gasteiger partial charge >= 0.3 is 5.69 Å². The van der Waals surface area contributed by atoms with Crippen LogP contribution in [0.4, 0.5) is 0 Å². The summed E-state index contributed by atoms with van der Waals surface area (Å²) in [5.41, 5.74) is 2.51. The molecule has 0 spiro atoms. The number of fused-ring (bicyclic) bond motifs is 3. The minimum Gasteiger partial charge on any atom is -0.504 e. The van der Waals surface area contributed by atoms with Crippen molar-refractivity contribution in [3.8, 4) is 22.8 Å². The average Bonchev–Trinajstić information content (AvgIpc) is 3.14. The Kier molecular flexibility index (Phi) is 4.75. The van der Waals surface area contributed by atoms with Gasteiger partial charge in [0, 0.05) is 25.1 Å². The van der Waals surface area contributed by atoms with Crippen LogP contribution in [0.25, 0.3) is 22.2 Å². The minimum absolute atomic E-state index is 0.235. The highest BCUT2D eigenvalue weighted by molar-refractivity contribution is 9.10. The van der Waals surface area contributed by atoms with Crippen molar-refractivity contribution >= 4 is 26.8 Å². The van der Waals surface area contributed by atoms with Gasteiger partial charge in [-0.2, -0.15) is 0 Å². The maximum absolute atomic E-state index is 13.3. The summed E-state index contributed by atoms with van der Waals surface area (Å²) in [6, 6.07) is 12.2. The number of phenols is 2. The molecule has 1 aliphatic heterocycles. The highest BCUT2D eigenvalue weighted by Gasteiger charge is 2.33. The number of phenolic OH excluding ortho intramolecular Hbond substituents is 2. The Hall–Kier alpha value is -3.30. The Morgan fingerprint density at radius 3 is 2.41 bits per heavy atom. The van der Waals surface area contributed by atoms with Gasteiger partial charge in [0.15, 0.2) is 11.5 Å². The van der Waals surface area contributed by atoms with E-state index in [1.807, 2.05) is 28.8 Å². The zero-order chi connectivity index (χ0) is 22.7. The summed E-state index contributed by atoms with van der Waals surface area (Å²) < 4.78 is 11.6. The number of hydrogen-bond donors (Lipinski definition) is 2. The standard InChI is InChI=1S/C23H20BrN3O5/c1-25-19-17(22(30)26(2)23(25)31)18(12-3-6-14(24)7-4-12)27-9-10-32-21(20(19)27)13-5-8-15(28)16(29)11-13/h3-8,11,21,28-29H,9-10H2,1-2H3/t21-/m1/s1. The Bertz CT molecular complexity index is 1500. The van der Waals surface area contributed by atoms with Crippen LogP contribution < -0.4 is 11.2 Å². The number of nitrogens with zero attached hydrogens (tertiary/aromatic N) is 3. The first-order chi connectivity index (χ1) is 15.3. The van der Waals surface area contributed by atoms with Crippen molar-refractivity contribution in [2.75, 3.05) is 6.61 Å². The quantitative estimate of drug-likeness (QED) is 0.414. The van der Waals surface area contributed by atoms with E-state index in [-0.39, 0.29) is 17.1 Å². The predicted octanol–water partition coefficient (Wildman–Crippen LogP) is 3.00. The van der Waals surface area contributed by atoms with Crippen LogP contribution in [0, 0.1) is 0 Å². The van der Waals surface area contributed by atoms with Gasteiger partial charge in [0.2, 0.25) is 0 Å². The summed E-state index contributed by atoms with van der Waals surface area (Å²) >= 11 is 3.45. The Morgan fingerprint density at radius 2 is 1.72 bits per heavy atom. The molecule has 2 N–H and O–H groups in total. The van der Waals surface area contributed by atoms with Crippen LogP contribution in [0.1, 0.15) is 17.4 Å². The minimum atomic E-state index is -0.639. The average molecular weight is 498 g/mol. The molecule has 1 aliphatic rings. The third kappa shape index (κ3) is 2.92. The van der Waals surface area contributed by atoms with Crippen LogP contribution in [0.5, 0.6) is 11.5 Å². The van der Waals surface area contributed by atoms with Gasteiger partial charge < -0.3 is 19.5 Å². The van der Waals surface area contributed by atoms with E-state index < -0.39 is 11.8 Å². The van der Waals surface area contributed by atoms with Gasteiger partial charge in [-0.05, 0) is 35.4 Å². The van der Waals surface area contributed by atoms with Crippen LogP contribution >= 0.6 is 15.9 Å². The SMILES string of the molecule is Cn1c(=O)c2c(-c3ccc(Br)cc3)n3c(c2n(C)c1=O)[C@@H](c1ccc(O)c(O)c1)OCC3. The lowest BCUT2D eigenvalue weighted by Crippen LogP contribution is -2.37. The number of hydrogen-bond acceptors (Lipinski definition) is 5. The van der Waals surface area contributed by atoms with E-state index in [0.29, 0.717) is 35.3 Å². The third-order valence-electron chi connectivity index (χ3n) is 5.97. The molecule has 5 rings (SSSR count). The van der Waals surface area contributed by atoms with Crippen molar-refractivity contribution in [1.82, 2.24) is 13.7 Å². The fourth-order valence-corrected chi connectivity index (χ4v) is 4.71. The Balaban J connectivity index is 1.93. The second kappa shape index (κ2) is 7.39. The molecule has 32 heavy (non-hydrogen) atoms. The van der Waals surface area contributed by atoms with E-state index >= 15 is 0 Å². The molecule has 8 nitrogen and oxygen atoms in total. The van der Waals surface area contributed by atoms with Crippen LogP contribution in [0.15, 0.2) is 56.5 Å². The molecular formula is C23H20BrN3O5. The smallest absolute Gasteiger partial charge is 0.331 e. The van der Waals surface area contributed by atoms with Crippen LogP contribution in [-0.4, -0.2) is 30.5 Å². The van der Waals surface area contributed by atoms with Crippen molar-refractivity contribution in [3.05, 3.63) is 79.0 Å². The largest absolute Gasteiger partial charge is 0.504 e. The summed E-state index contributed by atoms with van der Waals surface area (Å²) in [5.74, 6) is -0.501. The molecular weight excluding hydrogens is 478 g/mol. The molecule has 0 bridgehead atoms. The number of aromatic nitrogens is 3. The Labute approximate surface area is 190 Å². The van der Waals surface area contributed by atoms with Crippen LogP contribution in [-0.2, 0) is 25.4 Å². The monoisotopic (exact) mass is 497 g/mol. The number of benzene rings is 2. The molecule has 0 saturated carbocycles. The van der Waals surface area contributed by atoms with Crippen LogP contribution in [0.2, 0.25) is 0 Å². The topological polar surface area (TPSA) is 98.6 Å². The van der Waals surface area contributed by atoms with E-state index in [1.54, 1.807) is 13.1 Å². The van der Waals surface area contributed by atoms with Gasteiger partial charge in [-0.3, -0.25) is 13.9 Å². The number of aryl methyl sites for hydroxylation is 1. The normalized spacial score (nSPS) is 15.8. The van der Waals surface area contributed by atoms with Gasteiger partial charge in [0.05, 0.1) is 28.9 Å². The zero-order valence-electron chi connectivity index (χ0n) is 17.4. The van der Waals surface area contributed by atoms with Crippen molar-refractivity contribution < 1.29 is 14.9 Å². The van der Waals surface area contributed by atoms with Gasteiger partial charge in [-0.1, -0.05) is 34.1 Å². The summed E-state index contributed by atoms with van der Waals surface area (Å²) in [7, 11) is 3.11. The molecule has 0 fully saturated rings. The number of halogens is 1. The maximum atomic E-state index is 13.3. The van der Waals surface area contributed by atoms with E-state index in [9.17, 15) is 19.8 Å². The third-order valence-corrected chi connectivity index (χ3v) is 6.50. The molecule has 0 radical (unpaired) electrons. The molecule has 1 atom stereocenters. The van der Waals surface area contributed by atoms with E-state index in [2.05, 4.69) is 15.9 Å². The molecule has 0 unspecified atom stereocenters. The molecule has 0 saturated heterocycles. The lowest BCUT2D eigenvalue weighted by Gasteiger charge is -2.28.